The Labute approximate surface area is 227 Å². The molecule has 0 radical (unpaired) electrons. The maximum atomic E-state index is 13.1. The van der Waals surface area contributed by atoms with E-state index in [1.807, 2.05) is 56.3 Å². The fourth-order valence-corrected chi connectivity index (χ4v) is 5.07. The molecule has 0 atom stereocenters. The van der Waals surface area contributed by atoms with Crippen molar-refractivity contribution >= 4 is 56.5 Å². The molecule has 0 spiro atoms. The second kappa shape index (κ2) is 12.1. The zero-order valence-electron chi connectivity index (χ0n) is 20.3. The molecule has 1 aliphatic heterocycles. The SMILES string of the molecule is CCOc1cc(/C=C2\SC(=Nc3ccc(C(=O)O)cc3)N(CC)C2=O)c(Br)cc1OCc1ccccc1. The van der Waals surface area contributed by atoms with Gasteiger partial charge in [0.2, 0.25) is 0 Å². The molecule has 0 aromatic heterocycles. The third-order valence-corrected chi connectivity index (χ3v) is 7.12. The van der Waals surface area contributed by atoms with Gasteiger partial charge in [-0.05, 0) is 79.2 Å². The smallest absolute Gasteiger partial charge is 0.335 e. The number of aromatic carboxylic acids is 1. The Morgan fingerprint density at radius 1 is 1.05 bits per heavy atom. The van der Waals surface area contributed by atoms with Crippen molar-refractivity contribution in [2.24, 2.45) is 4.99 Å². The van der Waals surface area contributed by atoms with Crippen LogP contribution < -0.4 is 9.47 Å². The number of thioether (sulfide) groups is 1. The number of carbonyl (C=O) groups excluding carboxylic acids is 1. The number of amides is 1. The Morgan fingerprint density at radius 2 is 1.76 bits per heavy atom. The summed E-state index contributed by atoms with van der Waals surface area (Å²) >= 11 is 4.88. The van der Waals surface area contributed by atoms with Crippen molar-refractivity contribution in [3.05, 3.63) is 92.8 Å². The van der Waals surface area contributed by atoms with Crippen LogP contribution in [0.1, 0.15) is 35.3 Å². The van der Waals surface area contributed by atoms with E-state index in [1.165, 1.54) is 23.9 Å². The maximum absolute atomic E-state index is 13.1. The minimum Gasteiger partial charge on any atom is -0.490 e. The standard InChI is InChI=1S/C28H25BrN2O5S/c1-3-31-26(32)25(37-28(31)30-21-12-10-19(11-13-21)27(33)34)15-20-14-23(35-4-2)24(16-22(20)29)36-17-18-8-6-5-7-9-18/h5-16H,3-4,17H2,1-2H3,(H,33,34)/b25-15-,30-28?. The first-order chi connectivity index (χ1) is 17.9. The zero-order valence-corrected chi connectivity index (χ0v) is 22.7. The number of rotatable bonds is 9. The van der Waals surface area contributed by atoms with Crippen LogP contribution in [0.15, 0.2) is 81.1 Å². The Bertz CT molecular complexity index is 1360. The van der Waals surface area contributed by atoms with Gasteiger partial charge < -0.3 is 14.6 Å². The van der Waals surface area contributed by atoms with Crippen molar-refractivity contribution in [3.8, 4) is 11.5 Å². The van der Waals surface area contributed by atoms with E-state index in [9.17, 15) is 9.59 Å². The highest BCUT2D eigenvalue weighted by molar-refractivity contribution is 9.10. The molecule has 1 N–H and O–H groups in total. The highest BCUT2D eigenvalue weighted by atomic mass is 79.9. The first kappa shape index (κ1) is 26.5. The van der Waals surface area contributed by atoms with Gasteiger partial charge in [-0.3, -0.25) is 9.69 Å². The number of benzene rings is 3. The van der Waals surface area contributed by atoms with E-state index in [4.69, 9.17) is 14.6 Å². The van der Waals surface area contributed by atoms with E-state index >= 15 is 0 Å². The van der Waals surface area contributed by atoms with Crippen molar-refractivity contribution in [2.45, 2.75) is 20.5 Å². The highest BCUT2D eigenvalue weighted by Gasteiger charge is 2.32. The summed E-state index contributed by atoms with van der Waals surface area (Å²) in [5.74, 6) is 0.0391. The largest absolute Gasteiger partial charge is 0.490 e. The summed E-state index contributed by atoms with van der Waals surface area (Å²) in [6.07, 6.45) is 1.80. The number of hydrogen-bond acceptors (Lipinski definition) is 6. The lowest BCUT2D eigenvalue weighted by atomic mass is 10.1. The molecule has 1 saturated heterocycles. The van der Waals surface area contributed by atoms with Crippen molar-refractivity contribution in [1.29, 1.82) is 0 Å². The molecule has 1 fully saturated rings. The average molecular weight is 581 g/mol. The molecular formula is C28H25BrN2O5S. The molecule has 9 heteroatoms. The summed E-state index contributed by atoms with van der Waals surface area (Å²) in [5.41, 5.74) is 2.57. The second-order valence-electron chi connectivity index (χ2n) is 7.93. The molecular weight excluding hydrogens is 556 g/mol. The van der Waals surface area contributed by atoms with E-state index < -0.39 is 5.97 Å². The predicted octanol–water partition coefficient (Wildman–Crippen LogP) is 6.75. The summed E-state index contributed by atoms with van der Waals surface area (Å²) < 4.78 is 12.6. The second-order valence-corrected chi connectivity index (χ2v) is 9.80. The number of halogens is 1. The monoisotopic (exact) mass is 580 g/mol. The molecule has 0 unspecified atom stereocenters. The molecule has 0 aliphatic carbocycles. The minimum absolute atomic E-state index is 0.150. The van der Waals surface area contributed by atoms with Gasteiger partial charge in [0.1, 0.15) is 6.61 Å². The van der Waals surface area contributed by atoms with Crippen molar-refractivity contribution in [1.82, 2.24) is 4.90 Å². The number of amidine groups is 1. The minimum atomic E-state index is -1.00. The summed E-state index contributed by atoms with van der Waals surface area (Å²) in [7, 11) is 0. The molecule has 7 nitrogen and oxygen atoms in total. The molecule has 37 heavy (non-hydrogen) atoms. The third kappa shape index (κ3) is 6.42. The molecule has 1 aliphatic rings. The molecule has 3 aromatic carbocycles. The summed E-state index contributed by atoms with van der Waals surface area (Å²) in [5, 5.41) is 9.64. The molecule has 1 heterocycles. The van der Waals surface area contributed by atoms with Gasteiger partial charge in [0.25, 0.3) is 5.91 Å². The summed E-state index contributed by atoms with van der Waals surface area (Å²) in [4.78, 5) is 30.9. The highest BCUT2D eigenvalue weighted by Crippen LogP contribution is 2.39. The van der Waals surface area contributed by atoms with E-state index in [1.54, 1.807) is 23.1 Å². The number of ether oxygens (including phenoxy) is 2. The Kier molecular flexibility index (Phi) is 8.68. The lowest BCUT2D eigenvalue weighted by Gasteiger charge is -2.14. The van der Waals surface area contributed by atoms with Gasteiger partial charge in [-0.1, -0.05) is 46.3 Å². The van der Waals surface area contributed by atoms with Gasteiger partial charge in [-0.15, -0.1) is 0 Å². The Morgan fingerprint density at radius 3 is 2.41 bits per heavy atom. The van der Waals surface area contributed by atoms with E-state index in [0.29, 0.717) is 47.0 Å². The van der Waals surface area contributed by atoms with Crippen LogP contribution in [0.2, 0.25) is 0 Å². The van der Waals surface area contributed by atoms with Crippen LogP contribution in [-0.2, 0) is 11.4 Å². The Hall–Kier alpha value is -3.56. The molecule has 1 amide bonds. The van der Waals surface area contributed by atoms with Gasteiger partial charge >= 0.3 is 5.97 Å². The lowest BCUT2D eigenvalue weighted by Crippen LogP contribution is -2.28. The average Bonchev–Trinajstić information content (AvgIpc) is 3.19. The van der Waals surface area contributed by atoms with Gasteiger partial charge in [-0.25, -0.2) is 9.79 Å². The van der Waals surface area contributed by atoms with Crippen LogP contribution in [0.25, 0.3) is 6.08 Å². The van der Waals surface area contributed by atoms with Crippen LogP contribution in [-0.4, -0.2) is 40.2 Å². The zero-order chi connectivity index (χ0) is 26.4. The molecule has 4 rings (SSSR count). The number of aliphatic imine (C=N–C) groups is 1. The lowest BCUT2D eigenvalue weighted by molar-refractivity contribution is -0.122. The molecule has 190 valence electrons. The van der Waals surface area contributed by atoms with Crippen molar-refractivity contribution in [2.75, 3.05) is 13.2 Å². The van der Waals surface area contributed by atoms with Crippen LogP contribution in [0.3, 0.4) is 0 Å². The van der Waals surface area contributed by atoms with Crippen LogP contribution in [0.5, 0.6) is 11.5 Å². The van der Waals surface area contributed by atoms with Gasteiger partial charge in [0.05, 0.1) is 22.8 Å². The topological polar surface area (TPSA) is 88.4 Å². The molecule has 0 saturated carbocycles. The number of nitrogens with zero attached hydrogens (tertiary/aromatic N) is 2. The van der Waals surface area contributed by atoms with Crippen molar-refractivity contribution in [3.63, 3.8) is 0 Å². The molecule has 3 aromatic rings. The van der Waals surface area contributed by atoms with E-state index in [-0.39, 0.29) is 11.5 Å². The van der Waals surface area contributed by atoms with E-state index in [0.717, 1.165) is 15.6 Å². The quantitative estimate of drug-likeness (QED) is 0.282. The third-order valence-electron chi connectivity index (χ3n) is 5.43. The predicted molar refractivity (Wildman–Crippen MR) is 150 cm³/mol. The normalized spacial score (nSPS) is 15.4. The van der Waals surface area contributed by atoms with Gasteiger partial charge in [0.15, 0.2) is 16.7 Å². The molecule has 0 bridgehead atoms. The fraction of sp³-hybridized carbons (Fsp3) is 0.179. The van der Waals surface area contributed by atoms with Crippen LogP contribution in [0.4, 0.5) is 5.69 Å². The van der Waals surface area contributed by atoms with Gasteiger partial charge in [-0.2, -0.15) is 0 Å². The number of carbonyl (C=O) groups is 2. The maximum Gasteiger partial charge on any atom is 0.335 e. The van der Waals surface area contributed by atoms with E-state index in [2.05, 4.69) is 20.9 Å². The fourth-order valence-electron chi connectivity index (χ4n) is 3.58. The summed E-state index contributed by atoms with van der Waals surface area (Å²) in [6, 6.07) is 19.8. The first-order valence-corrected chi connectivity index (χ1v) is 13.3. The van der Waals surface area contributed by atoms with Gasteiger partial charge in [0, 0.05) is 11.0 Å². The Balaban J connectivity index is 1.60. The first-order valence-electron chi connectivity index (χ1n) is 11.7. The van der Waals surface area contributed by atoms with Crippen LogP contribution in [0, 0.1) is 0 Å². The number of carboxylic acid groups (broad SMARTS) is 1. The number of hydrogen-bond donors (Lipinski definition) is 1. The number of carboxylic acids is 1. The van der Waals surface area contributed by atoms with Crippen molar-refractivity contribution < 1.29 is 24.2 Å². The number of likely N-dealkylation sites (N-methyl/N-ethyl adjacent to an activating group) is 1. The summed E-state index contributed by atoms with van der Waals surface area (Å²) in [6.45, 7) is 5.11. The van der Waals surface area contributed by atoms with Crippen LogP contribution >= 0.6 is 27.7 Å².